The molecule has 0 radical (unpaired) electrons. The van der Waals surface area contributed by atoms with Gasteiger partial charge in [0.1, 0.15) is 0 Å². The van der Waals surface area contributed by atoms with Gasteiger partial charge in [0.25, 0.3) is 0 Å². The zero-order valence-electron chi connectivity index (χ0n) is 22.1. The predicted molar refractivity (Wildman–Crippen MR) is 132 cm³/mol. The number of aliphatic hydroxyl groups is 4. The average Bonchev–Trinajstić information content (AvgIpc) is 3.08. The van der Waals surface area contributed by atoms with E-state index < -0.39 is 23.4 Å². The quantitative estimate of drug-likeness (QED) is 0.430. The summed E-state index contributed by atoms with van der Waals surface area (Å²) < 4.78 is 0. The Hall–Kier alpha value is -0.420. The van der Waals surface area contributed by atoms with Gasteiger partial charge in [-0.25, -0.2) is 0 Å². The summed E-state index contributed by atoms with van der Waals surface area (Å²) in [6, 6.07) is 0. The minimum atomic E-state index is -1.19. The van der Waals surface area contributed by atoms with E-state index in [2.05, 4.69) is 47.6 Å². The molecular weight excluding hydrogens is 412 g/mol. The molecule has 0 spiro atoms. The molecule has 190 valence electrons. The molecule has 4 nitrogen and oxygen atoms in total. The van der Waals surface area contributed by atoms with Crippen LogP contribution in [0.25, 0.3) is 0 Å². The molecule has 3 saturated carbocycles. The molecule has 4 rings (SSSR count). The van der Waals surface area contributed by atoms with Crippen LogP contribution in [0.4, 0.5) is 0 Å². The lowest BCUT2D eigenvalue weighted by Gasteiger charge is -2.65. The molecule has 0 heterocycles. The summed E-state index contributed by atoms with van der Waals surface area (Å²) in [5.41, 5.74) is -1.19. The minimum Gasteiger partial charge on any atom is -0.393 e. The largest absolute Gasteiger partial charge is 0.393 e. The summed E-state index contributed by atoms with van der Waals surface area (Å²) in [7, 11) is 0. The van der Waals surface area contributed by atoms with Gasteiger partial charge < -0.3 is 20.4 Å². The first-order valence-electron chi connectivity index (χ1n) is 13.7. The van der Waals surface area contributed by atoms with Crippen molar-refractivity contribution < 1.29 is 20.4 Å². The van der Waals surface area contributed by atoms with E-state index in [1.54, 1.807) is 0 Å². The van der Waals surface area contributed by atoms with Crippen LogP contribution in [-0.4, -0.2) is 43.8 Å². The van der Waals surface area contributed by atoms with Gasteiger partial charge in [0.05, 0.1) is 23.4 Å². The summed E-state index contributed by atoms with van der Waals surface area (Å²) in [6.07, 6.45) is 7.19. The van der Waals surface area contributed by atoms with Crippen LogP contribution in [0.3, 0.4) is 0 Å². The van der Waals surface area contributed by atoms with Gasteiger partial charge in [0.2, 0.25) is 0 Å². The van der Waals surface area contributed by atoms with E-state index in [0.717, 1.165) is 32.1 Å². The summed E-state index contributed by atoms with van der Waals surface area (Å²) in [5, 5.41) is 45.0. The van der Waals surface area contributed by atoms with Crippen LogP contribution in [-0.2, 0) is 0 Å². The van der Waals surface area contributed by atoms with E-state index in [1.807, 2.05) is 6.92 Å². The van der Waals surface area contributed by atoms with Gasteiger partial charge in [-0.15, -0.1) is 0 Å². The van der Waals surface area contributed by atoms with Gasteiger partial charge in [0, 0.05) is 11.8 Å². The zero-order valence-corrected chi connectivity index (χ0v) is 22.1. The highest BCUT2D eigenvalue weighted by atomic mass is 16.3. The lowest BCUT2D eigenvalue weighted by Crippen LogP contribution is -2.68. The Labute approximate surface area is 201 Å². The third kappa shape index (κ3) is 3.77. The van der Waals surface area contributed by atoms with Crippen LogP contribution >= 0.6 is 0 Å². The van der Waals surface area contributed by atoms with E-state index in [4.69, 9.17) is 0 Å². The van der Waals surface area contributed by atoms with E-state index in [0.29, 0.717) is 54.8 Å². The fourth-order valence-electron chi connectivity index (χ4n) is 9.24. The third-order valence-corrected chi connectivity index (χ3v) is 11.7. The second kappa shape index (κ2) is 8.32. The van der Waals surface area contributed by atoms with E-state index in [9.17, 15) is 20.4 Å². The maximum absolute atomic E-state index is 11.8. The van der Waals surface area contributed by atoms with E-state index in [1.165, 1.54) is 5.57 Å². The summed E-state index contributed by atoms with van der Waals surface area (Å²) in [4.78, 5) is 0. The number of fused-ring (bicyclic) bond motifs is 5. The maximum Gasteiger partial charge on any atom is 0.0985 e. The van der Waals surface area contributed by atoms with Crippen molar-refractivity contribution in [1.29, 1.82) is 0 Å². The molecule has 0 aromatic rings. The fraction of sp³-hybridized carbons (Fsp3) is 0.931. The molecule has 11 atom stereocenters. The number of aliphatic hydroxyl groups excluding tert-OH is 2. The number of hydrogen-bond donors (Lipinski definition) is 4. The second-order valence-corrected chi connectivity index (χ2v) is 13.7. The maximum atomic E-state index is 11.8. The first-order chi connectivity index (χ1) is 15.2. The molecule has 0 bridgehead atoms. The highest BCUT2D eigenvalue weighted by Gasteiger charge is 2.67. The monoisotopic (exact) mass is 462 g/mol. The Morgan fingerprint density at radius 3 is 2.36 bits per heavy atom. The molecule has 4 heteroatoms. The number of hydrogen-bond acceptors (Lipinski definition) is 4. The average molecular weight is 463 g/mol. The van der Waals surface area contributed by atoms with Gasteiger partial charge in [-0.05, 0) is 98.4 Å². The molecule has 0 saturated heterocycles. The predicted octanol–water partition coefficient (Wildman–Crippen LogP) is 5.08. The molecular formula is C29H50O4. The van der Waals surface area contributed by atoms with Crippen LogP contribution in [0.1, 0.15) is 99.8 Å². The van der Waals surface area contributed by atoms with Crippen molar-refractivity contribution in [2.24, 2.45) is 46.3 Å². The first kappa shape index (κ1) is 25.7. The van der Waals surface area contributed by atoms with Crippen molar-refractivity contribution in [2.45, 2.75) is 123 Å². The Bertz CT molecular complexity index is 774. The smallest absolute Gasteiger partial charge is 0.0985 e. The molecule has 4 aliphatic rings. The van der Waals surface area contributed by atoms with Gasteiger partial charge >= 0.3 is 0 Å². The molecule has 0 aliphatic heterocycles. The summed E-state index contributed by atoms with van der Waals surface area (Å²) in [5.74, 6) is 2.71. The fourth-order valence-corrected chi connectivity index (χ4v) is 9.24. The van der Waals surface area contributed by atoms with Gasteiger partial charge in [-0.3, -0.25) is 0 Å². The standard InChI is InChI=1S/C29H50O4/c1-17(2)19(4)18(3)15-28(7,32)24-9-8-22-21-14-25(31)29(33)16-20(30)10-13-27(29,6)23(21)11-12-26(22,24)5/h9,17-23,25,30-33H,8,10-16H2,1-7H3/t18?,19-,20?,21+,22+,23+,25?,26+,27-,28+,29?/m1/s1. The first-order valence-corrected chi connectivity index (χ1v) is 13.7. The van der Waals surface area contributed by atoms with E-state index >= 15 is 0 Å². The summed E-state index contributed by atoms with van der Waals surface area (Å²) in [6.45, 7) is 15.7. The molecule has 33 heavy (non-hydrogen) atoms. The van der Waals surface area contributed by atoms with Gasteiger partial charge in [-0.1, -0.05) is 47.6 Å². The molecule has 4 unspecified atom stereocenters. The lowest BCUT2D eigenvalue weighted by atomic mass is 9.42. The van der Waals surface area contributed by atoms with Crippen LogP contribution in [0.5, 0.6) is 0 Å². The molecule has 0 aromatic heterocycles. The van der Waals surface area contributed by atoms with Crippen LogP contribution < -0.4 is 0 Å². The second-order valence-electron chi connectivity index (χ2n) is 13.7. The Balaban J connectivity index is 1.58. The van der Waals surface area contributed by atoms with Crippen molar-refractivity contribution in [1.82, 2.24) is 0 Å². The van der Waals surface area contributed by atoms with Crippen LogP contribution in [0.15, 0.2) is 11.6 Å². The molecule has 4 aliphatic carbocycles. The van der Waals surface area contributed by atoms with Gasteiger partial charge in [0.15, 0.2) is 0 Å². The topological polar surface area (TPSA) is 80.9 Å². The normalized spacial score (nSPS) is 48.8. The van der Waals surface area contributed by atoms with Crippen molar-refractivity contribution in [2.75, 3.05) is 0 Å². The van der Waals surface area contributed by atoms with E-state index in [-0.39, 0.29) is 10.8 Å². The zero-order chi connectivity index (χ0) is 24.6. The highest BCUT2D eigenvalue weighted by molar-refractivity contribution is 5.33. The summed E-state index contributed by atoms with van der Waals surface area (Å²) >= 11 is 0. The Morgan fingerprint density at radius 1 is 1.06 bits per heavy atom. The van der Waals surface area contributed by atoms with Crippen LogP contribution in [0, 0.1) is 46.3 Å². The van der Waals surface area contributed by atoms with Crippen LogP contribution in [0.2, 0.25) is 0 Å². The third-order valence-electron chi connectivity index (χ3n) is 11.7. The van der Waals surface area contributed by atoms with Crippen molar-refractivity contribution >= 4 is 0 Å². The highest BCUT2D eigenvalue weighted by Crippen LogP contribution is 2.68. The van der Waals surface area contributed by atoms with Crippen molar-refractivity contribution in [3.05, 3.63) is 11.6 Å². The van der Waals surface area contributed by atoms with Crippen molar-refractivity contribution in [3.63, 3.8) is 0 Å². The molecule has 3 fully saturated rings. The number of rotatable bonds is 5. The van der Waals surface area contributed by atoms with Gasteiger partial charge in [-0.2, -0.15) is 0 Å². The Kier molecular flexibility index (Phi) is 6.47. The molecule has 0 aromatic carbocycles. The molecule has 4 N–H and O–H groups in total. The van der Waals surface area contributed by atoms with Crippen molar-refractivity contribution in [3.8, 4) is 0 Å². The SMILES string of the molecule is CC(C)[C@@H](C)C(C)C[C@](C)(O)C1=CC[C@H]2[C@@H]3CC(O)C4(O)CC(O)CC[C@]4(C)[C@H]3CC[C@]12C. The minimum absolute atomic E-state index is 0.0504. The Morgan fingerprint density at radius 2 is 1.73 bits per heavy atom. The number of allylic oxidation sites excluding steroid dienone is 1. The lowest BCUT2D eigenvalue weighted by molar-refractivity contribution is -0.263. The molecule has 0 amide bonds.